The molecule has 41 heavy (non-hydrogen) atoms. The molecule has 0 fully saturated rings. The Hall–Kier alpha value is -3.36. The monoisotopic (exact) mass is 597 g/mol. The second-order valence-electron chi connectivity index (χ2n) is 10.2. The summed E-state index contributed by atoms with van der Waals surface area (Å²) in [5.41, 5.74) is 3.43. The number of unbranched alkanes of at least 4 members (excludes halogenated alkanes) is 1. The molecule has 1 atom stereocenters. The van der Waals surface area contributed by atoms with Crippen LogP contribution in [0.1, 0.15) is 49.3 Å². The van der Waals surface area contributed by atoms with Gasteiger partial charge in [-0.1, -0.05) is 79.5 Å². The predicted molar refractivity (Wildman–Crippen MR) is 166 cm³/mol. The van der Waals surface area contributed by atoms with Crippen LogP contribution >= 0.6 is 11.6 Å². The van der Waals surface area contributed by atoms with E-state index < -0.39 is 16.1 Å². The maximum Gasteiger partial charge on any atom is 0.243 e. The van der Waals surface area contributed by atoms with Gasteiger partial charge in [0.25, 0.3) is 0 Å². The third kappa shape index (κ3) is 9.90. The van der Waals surface area contributed by atoms with Crippen molar-refractivity contribution in [1.29, 1.82) is 0 Å². The lowest BCUT2D eigenvalue weighted by Gasteiger charge is -2.32. The minimum atomic E-state index is -3.59. The van der Waals surface area contributed by atoms with Crippen LogP contribution in [0.4, 0.5) is 5.69 Å². The quantitative estimate of drug-likeness (QED) is 0.226. The van der Waals surface area contributed by atoms with Gasteiger partial charge >= 0.3 is 0 Å². The zero-order chi connectivity index (χ0) is 29.8. The minimum absolute atomic E-state index is 0.0824. The van der Waals surface area contributed by atoms with E-state index in [1.54, 1.807) is 29.2 Å². The molecule has 1 unspecified atom stereocenters. The highest BCUT2D eigenvalue weighted by Crippen LogP contribution is 2.22. The number of anilines is 1. The highest BCUT2D eigenvalue weighted by Gasteiger charge is 2.30. The van der Waals surface area contributed by atoms with E-state index in [1.807, 2.05) is 61.5 Å². The van der Waals surface area contributed by atoms with Crippen LogP contribution in [-0.4, -0.2) is 50.5 Å². The van der Waals surface area contributed by atoms with Crippen molar-refractivity contribution in [1.82, 2.24) is 10.2 Å². The number of hydrogen-bond donors (Lipinski definition) is 1. The van der Waals surface area contributed by atoms with E-state index in [1.165, 1.54) is 4.31 Å². The number of nitrogens with one attached hydrogen (secondary N) is 1. The van der Waals surface area contributed by atoms with E-state index in [-0.39, 0.29) is 37.7 Å². The van der Waals surface area contributed by atoms with Crippen molar-refractivity contribution < 1.29 is 18.0 Å². The number of carbonyl (C=O) groups excluding carboxylic acids is 2. The Labute approximate surface area is 249 Å². The fraction of sp³-hybridized carbons (Fsp3) is 0.375. The zero-order valence-corrected chi connectivity index (χ0v) is 25.6. The third-order valence-corrected chi connectivity index (χ3v) is 8.42. The average Bonchev–Trinajstić information content (AvgIpc) is 2.94. The molecule has 3 rings (SSSR count). The summed E-state index contributed by atoms with van der Waals surface area (Å²) in [5.74, 6) is -0.396. The molecule has 9 heteroatoms. The van der Waals surface area contributed by atoms with Crippen molar-refractivity contribution in [2.24, 2.45) is 0 Å². The minimum Gasteiger partial charge on any atom is -0.354 e. The predicted octanol–water partition coefficient (Wildman–Crippen LogP) is 5.75. The molecule has 0 aromatic heterocycles. The molecule has 0 aliphatic carbocycles. The summed E-state index contributed by atoms with van der Waals surface area (Å²) in [6, 6.07) is 23.3. The standard InChI is InChI=1S/C32H40ClN3O4S/c1-4-5-21-34-32(38)30(23-26-13-7-6-8-14-26)35(24-27-15-10-9-12-25(27)2)31(37)16-11-22-36(41(3,39)40)29-19-17-28(33)18-20-29/h6-10,12-15,17-20,30H,4-5,11,16,21-24H2,1-3H3,(H,34,38). The number of sulfonamides is 1. The number of halogens is 1. The normalized spacial score (nSPS) is 12.0. The molecule has 0 heterocycles. The Morgan fingerprint density at radius 1 is 0.927 bits per heavy atom. The first-order chi connectivity index (χ1) is 19.6. The number of carbonyl (C=O) groups is 2. The Morgan fingerprint density at radius 3 is 2.22 bits per heavy atom. The third-order valence-electron chi connectivity index (χ3n) is 6.97. The van der Waals surface area contributed by atoms with E-state index in [9.17, 15) is 18.0 Å². The van der Waals surface area contributed by atoms with Crippen molar-refractivity contribution in [2.45, 2.75) is 58.5 Å². The van der Waals surface area contributed by atoms with Crippen LogP contribution < -0.4 is 9.62 Å². The highest BCUT2D eigenvalue weighted by molar-refractivity contribution is 7.92. The SMILES string of the molecule is CCCCNC(=O)C(Cc1ccccc1)N(Cc1ccccc1C)C(=O)CCCN(c1ccc(Cl)cc1)S(C)(=O)=O. The van der Waals surface area contributed by atoms with Crippen LogP contribution in [-0.2, 0) is 32.6 Å². The summed E-state index contributed by atoms with van der Waals surface area (Å²) in [6.45, 7) is 4.98. The van der Waals surface area contributed by atoms with Crippen LogP contribution in [0.15, 0.2) is 78.9 Å². The van der Waals surface area contributed by atoms with Gasteiger partial charge in [-0.15, -0.1) is 0 Å². The molecular formula is C32H40ClN3O4S. The number of amides is 2. The average molecular weight is 598 g/mol. The summed E-state index contributed by atoms with van der Waals surface area (Å²) in [7, 11) is -3.59. The topological polar surface area (TPSA) is 86.8 Å². The van der Waals surface area contributed by atoms with Crippen LogP contribution in [0.5, 0.6) is 0 Å². The molecule has 3 aromatic carbocycles. The van der Waals surface area contributed by atoms with Gasteiger partial charge in [0, 0.05) is 37.5 Å². The van der Waals surface area contributed by atoms with Crippen LogP contribution in [0, 0.1) is 6.92 Å². The van der Waals surface area contributed by atoms with Crippen molar-refractivity contribution in [3.05, 3.63) is 101 Å². The van der Waals surface area contributed by atoms with Crippen molar-refractivity contribution >= 4 is 39.1 Å². The summed E-state index contributed by atoms with van der Waals surface area (Å²) >= 11 is 5.99. The molecule has 7 nitrogen and oxygen atoms in total. The molecule has 0 aliphatic heterocycles. The summed E-state index contributed by atoms with van der Waals surface area (Å²) in [4.78, 5) is 29.1. The fourth-order valence-corrected chi connectivity index (χ4v) is 5.73. The lowest BCUT2D eigenvalue weighted by molar-refractivity contribution is -0.141. The molecule has 2 amide bonds. The lowest BCUT2D eigenvalue weighted by atomic mass is 10.0. The molecule has 1 N–H and O–H groups in total. The molecule has 3 aromatic rings. The molecule has 220 valence electrons. The van der Waals surface area contributed by atoms with Gasteiger partial charge in [-0.05, 0) is 60.7 Å². The second-order valence-corrected chi connectivity index (χ2v) is 12.6. The van der Waals surface area contributed by atoms with E-state index >= 15 is 0 Å². The number of rotatable bonds is 15. The molecule has 0 aliphatic rings. The Bertz CT molecular complexity index is 1380. The number of hydrogen-bond acceptors (Lipinski definition) is 4. The van der Waals surface area contributed by atoms with Gasteiger partial charge in [-0.3, -0.25) is 13.9 Å². The Morgan fingerprint density at radius 2 is 1.59 bits per heavy atom. The summed E-state index contributed by atoms with van der Waals surface area (Å²) in [6.07, 6.45) is 3.68. The van der Waals surface area contributed by atoms with Gasteiger partial charge in [-0.25, -0.2) is 8.42 Å². The maximum absolute atomic E-state index is 13.9. The van der Waals surface area contributed by atoms with Crippen molar-refractivity contribution in [3.8, 4) is 0 Å². The van der Waals surface area contributed by atoms with E-state index in [0.29, 0.717) is 23.7 Å². The molecular weight excluding hydrogens is 558 g/mol. The highest BCUT2D eigenvalue weighted by atomic mass is 35.5. The number of benzene rings is 3. The largest absolute Gasteiger partial charge is 0.354 e. The van der Waals surface area contributed by atoms with Gasteiger partial charge in [0.05, 0.1) is 11.9 Å². The van der Waals surface area contributed by atoms with Crippen molar-refractivity contribution in [2.75, 3.05) is 23.7 Å². The molecule has 0 spiro atoms. The van der Waals surface area contributed by atoms with E-state index in [2.05, 4.69) is 12.2 Å². The first-order valence-corrected chi connectivity index (χ1v) is 16.2. The summed E-state index contributed by atoms with van der Waals surface area (Å²) < 4.78 is 26.4. The van der Waals surface area contributed by atoms with Gasteiger partial charge in [-0.2, -0.15) is 0 Å². The number of nitrogens with zero attached hydrogens (tertiary/aromatic N) is 2. The molecule has 0 saturated heterocycles. The van der Waals surface area contributed by atoms with Crippen LogP contribution in [0.25, 0.3) is 0 Å². The van der Waals surface area contributed by atoms with Gasteiger partial charge < -0.3 is 10.2 Å². The van der Waals surface area contributed by atoms with Gasteiger partial charge in [0.2, 0.25) is 21.8 Å². The fourth-order valence-electron chi connectivity index (χ4n) is 4.64. The molecule has 0 bridgehead atoms. The Balaban J connectivity index is 1.87. The number of aryl methyl sites for hydroxylation is 1. The summed E-state index contributed by atoms with van der Waals surface area (Å²) in [5, 5.41) is 3.53. The van der Waals surface area contributed by atoms with Crippen LogP contribution in [0.2, 0.25) is 5.02 Å². The second kappa shape index (κ2) is 15.6. The van der Waals surface area contributed by atoms with Gasteiger partial charge in [0.1, 0.15) is 6.04 Å². The smallest absolute Gasteiger partial charge is 0.243 e. The molecule has 0 radical (unpaired) electrons. The maximum atomic E-state index is 13.9. The van der Waals surface area contributed by atoms with Crippen LogP contribution in [0.3, 0.4) is 0 Å². The van der Waals surface area contributed by atoms with E-state index in [4.69, 9.17) is 11.6 Å². The molecule has 0 saturated carbocycles. The first-order valence-electron chi connectivity index (χ1n) is 14.0. The van der Waals surface area contributed by atoms with E-state index in [0.717, 1.165) is 35.8 Å². The first kappa shape index (κ1) is 32.2. The zero-order valence-electron chi connectivity index (χ0n) is 24.1. The van der Waals surface area contributed by atoms with Gasteiger partial charge in [0.15, 0.2) is 0 Å². The lowest BCUT2D eigenvalue weighted by Crippen LogP contribution is -2.50. The van der Waals surface area contributed by atoms with Crippen molar-refractivity contribution in [3.63, 3.8) is 0 Å². The Kier molecular flexibility index (Phi) is 12.2.